The molecule has 0 radical (unpaired) electrons. The van der Waals surface area contributed by atoms with Crippen LogP contribution < -0.4 is 0 Å². The number of amides is 1. The highest BCUT2D eigenvalue weighted by molar-refractivity contribution is 7.99. The Morgan fingerprint density at radius 2 is 2.15 bits per heavy atom. The van der Waals surface area contributed by atoms with Gasteiger partial charge < -0.3 is 14.4 Å². The molecule has 1 unspecified atom stereocenters. The first kappa shape index (κ1) is 15.0. The molecule has 5 nitrogen and oxygen atoms in total. The summed E-state index contributed by atoms with van der Waals surface area (Å²) in [6.45, 7) is 3.54. The van der Waals surface area contributed by atoms with Crippen LogP contribution in [0, 0.1) is 0 Å². The van der Waals surface area contributed by atoms with Crippen molar-refractivity contribution in [2.75, 3.05) is 18.8 Å². The zero-order chi connectivity index (χ0) is 14.5. The van der Waals surface area contributed by atoms with Crippen molar-refractivity contribution in [3.05, 3.63) is 23.7 Å². The van der Waals surface area contributed by atoms with Crippen LogP contribution in [0.4, 0.5) is 0 Å². The highest BCUT2D eigenvalue weighted by Gasteiger charge is 2.25. The fourth-order valence-corrected chi connectivity index (χ4v) is 3.47. The predicted octanol–water partition coefficient (Wildman–Crippen LogP) is 2.73. The number of hydrogen-bond donors (Lipinski definition) is 1. The summed E-state index contributed by atoms with van der Waals surface area (Å²) in [5, 5.41) is 9.28. The number of rotatable bonds is 4. The fraction of sp³-hybridized carbons (Fsp3) is 0.571. The third-order valence-corrected chi connectivity index (χ3v) is 4.53. The molecule has 1 fully saturated rings. The zero-order valence-corrected chi connectivity index (χ0v) is 12.3. The normalized spacial score (nSPS) is 19.6. The van der Waals surface area contributed by atoms with E-state index in [0.717, 1.165) is 25.0 Å². The van der Waals surface area contributed by atoms with Crippen molar-refractivity contribution in [2.45, 2.75) is 31.4 Å². The Kier molecular flexibility index (Phi) is 5.11. The lowest BCUT2D eigenvalue weighted by atomic mass is 10.2. The van der Waals surface area contributed by atoms with Gasteiger partial charge in [-0.2, -0.15) is 11.8 Å². The largest absolute Gasteiger partial charge is 0.475 e. The van der Waals surface area contributed by atoms with Crippen molar-refractivity contribution in [1.82, 2.24) is 4.90 Å². The van der Waals surface area contributed by atoms with E-state index >= 15 is 0 Å². The quantitative estimate of drug-likeness (QED) is 0.925. The van der Waals surface area contributed by atoms with Gasteiger partial charge >= 0.3 is 5.97 Å². The third kappa shape index (κ3) is 3.56. The van der Waals surface area contributed by atoms with Crippen LogP contribution in [0.25, 0.3) is 0 Å². The van der Waals surface area contributed by atoms with E-state index < -0.39 is 5.97 Å². The molecule has 1 aromatic heterocycles. The maximum Gasteiger partial charge on any atom is 0.371 e. The molecular weight excluding hydrogens is 278 g/mol. The molecule has 1 aliphatic rings. The topological polar surface area (TPSA) is 70.8 Å². The van der Waals surface area contributed by atoms with E-state index in [4.69, 9.17) is 9.52 Å². The van der Waals surface area contributed by atoms with Gasteiger partial charge in [-0.25, -0.2) is 4.79 Å². The molecule has 2 rings (SSSR count). The summed E-state index contributed by atoms with van der Waals surface area (Å²) in [6, 6.07) is 2.77. The van der Waals surface area contributed by atoms with Gasteiger partial charge in [0, 0.05) is 18.3 Å². The number of carboxylic acid groups (broad SMARTS) is 1. The third-order valence-electron chi connectivity index (χ3n) is 3.35. The smallest absolute Gasteiger partial charge is 0.371 e. The molecule has 20 heavy (non-hydrogen) atoms. The van der Waals surface area contributed by atoms with Gasteiger partial charge in [-0.1, -0.05) is 13.3 Å². The van der Waals surface area contributed by atoms with Gasteiger partial charge in [0.25, 0.3) is 5.91 Å². The minimum Gasteiger partial charge on any atom is -0.475 e. The number of likely N-dealkylation sites (tertiary alicyclic amines) is 1. The SMILES string of the molecule is CCSC1CCCCN(C(=O)c2ccc(C(=O)O)o2)C1. The zero-order valence-electron chi connectivity index (χ0n) is 11.5. The van der Waals surface area contributed by atoms with E-state index in [9.17, 15) is 9.59 Å². The number of carboxylic acids is 1. The van der Waals surface area contributed by atoms with Gasteiger partial charge in [0.1, 0.15) is 0 Å². The Morgan fingerprint density at radius 3 is 2.80 bits per heavy atom. The number of furan rings is 1. The minimum absolute atomic E-state index is 0.115. The lowest BCUT2D eigenvalue weighted by Gasteiger charge is -2.23. The Bertz CT molecular complexity index is 485. The number of nitrogens with zero attached hydrogens (tertiary/aromatic N) is 1. The summed E-state index contributed by atoms with van der Waals surface area (Å²) in [4.78, 5) is 24.9. The summed E-state index contributed by atoms with van der Waals surface area (Å²) in [6.07, 6.45) is 3.24. The van der Waals surface area contributed by atoms with Crippen LogP contribution in [0.15, 0.2) is 16.5 Å². The summed E-state index contributed by atoms with van der Waals surface area (Å²) in [7, 11) is 0. The molecule has 0 spiro atoms. The van der Waals surface area contributed by atoms with Gasteiger partial charge in [0.15, 0.2) is 5.76 Å². The number of aromatic carboxylic acids is 1. The standard InChI is InChI=1S/C14H19NO4S/c1-2-20-10-5-3-4-8-15(9-10)13(16)11-6-7-12(19-11)14(17)18/h6-7,10H,2-5,8-9H2,1H3,(H,17,18). The van der Waals surface area contributed by atoms with Crippen LogP contribution in [-0.4, -0.2) is 46.0 Å². The molecule has 1 aromatic rings. The second-order valence-electron chi connectivity index (χ2n) is 4.79. The molecule has 0 aromatic carbocycles. The Morgan fingerprint density at radius 1 is 1.40 bits per heavy atom. The molecule has 2 heterocycles. The average molecular weight is 297 g/mol. The number of hydrogen-bond acceptors (Lipinski definition) is 4. The lowest BCUT2D eigenvalue weighted by molar-refractivity contribution is 0.0650. The minimum atomic E-state index is -1.15. The fourth-order valence-electron chi connectivity index (χ4n) is 2.38. The second-order valence-corrected chi connectivity index (χ2v) is 6.37. The van der Waals surface area contributed by atoms with Crippen molar-refractivity contribution in [3.8, 4) is 0 Å². The molecule has 1 aliphatic heterocycles. The maximum absolute atomic E-state index is 12.4. The van der Waals surface area contributed by atoms with Crippen LogP contribution in [0.5, 0.6) is 0 Å². The van der Waals surface area contributed by atoms with Crippen LogP contribution in [0.1, 0.15) is 47.3 Å². The molecule has 1 atom stereocenters. The van der Waals surface area contributed by atoms with E-state index in [1.807, 2.05) is 11.8 Å². The van der Waals surface area contributed by atoms with E-state index in [0.29, 0.717) is 18.3 Å². The molecule has 0 bridgehead atoms. The first-order valence-electron chi connectivity index (χ1n) is 6.85. The number of carbonyl (C=O) groups excluding carboxylic acids is 1. The van der Waals surface area contributed by atoms with Crippen LogP contribution in [0.2, 0.25) is 0 Å². The Labute approximate surface area is 122 Å². The van der Waals surface area contributed by atoms with Gasteiger partial charge in [0.05, 0.1) is 0 Å². The van der Waals surface area contributed by atoms with Crippen LogP contribution >= 0.6 is 11.8 Å². The molecule has 1 saturated heterocycles. The summed E-state index contributed by atoms with van der Waals surface area (Å²) >= 11 is 1.87. The molecule has 1 N–H and O–H groups in total. The first-order chi connectivity index (χ1) is 9.61. The summed E-state index contributed by atoms with van der Waals surface area (Å²) in [5.41, 5.74) is 0. The highest BCUT2D eigenvalue weighted by atomic mass is 32.2. The molecule has 6 heteroatoms. The van der Waals surface area contributed by atoms with Crippen molar-refractivity contribution >= 4 is 23.6 Å². The Hall–Kier alpha value is -1.43. The molecule has 110 valence electrons. The summed E-state index contributed by atoms with van der Waals surface area (Å²) < 4.78 is 5.10. The lowest BCUT2D eigenvalue weighted by Crippen LogP contribution is -2.35. The molecule has 0 saturated carbocycles. The van der Waals surface area contributed by atoms with Crippen molar-refractivity contribution in [3.63, 3.8) is 0 Å². The molecule has 0 aliphatic carbocycles. The van der Waals surface area contributed by atoms with E-state index in [1.165, 1.54) is 12.1 Å². The number of carbonyl (C=O) groups is 2. The highest BCUT2D eigenvalue weighted by Crippen LogP contribution is 2.23. The van der Waals surface area contributed by atoms with E-state index in [1.54, 1.807) is 4.90 Å². The maximum atomic E-state index is 12.4. The van der Waals surface area contributed by atoms with Crippen LogP contribution in [-0.2, 0) is 0 Å². The van der Waals surface area contributed by atoms with Crippen molar-refractivity contribution in [2.24, 2.45) is 0 Å². The van der Waals surface area contributed by atoms with Crippen LogP contribution in [0.3, 0.4) is 0 Å². The van der Waals surface area contributed by atoms with E-state index in [-0.39, 0.29) is 17.4 Å². The van der Waals surface area contributed by atoms with Gasteiger partial charge in [-0.3, -0.25) is 4.79 Å². The first-order valence-corrected chi connectivity index (χ1v) is 7.90. The van der Waals surface area contributed by atoms with Gasteiger partial charge in [-0.05, 0) is 30.7 Å². The molecular formula is C14H19NO4S. The monoisotopic (exact) mass is 297 g/mol. The summed E-state index contributed by atoms with van der Waals surface area (Å²) in [5.74, 6) is -0.399. The second kappa shape index (κ2) is 6.83. The average Bonchev–Trinajstić information content (AvgIpc) is 2.80. The van der Waals surface area contributed by atoms with Gasteiger partial charge in [0.2, 0.25) is 5.76 Å². The van der Waals surface area contributed by atoms with Crippen molar-refractivity contribution < 1.29 is 19.1 Å². The predicted molar refractivity (Wildman–Crippen MR) is 77.3 cm³/mol. The molecule has 1 amide bonds. The number of thioether (sulfide) groups is 1. The van der Waals surface area contributed by atoms with E-state index in [2.05, 4.69) is 6.92 Å². The van der Waals surface area contributed by atoms with Crippen molar-refractivity contribution in [1.29, 1.82) is 0 Å². The van der Waals surface area contributed by atoms with Gasteiger partial charge in [-0.15, -0.1) is 0 Å². The Balaban J connectivity index is 2.07.